The fraction of sp³-hybridized carbons (Fsp3) is 0.150. The molecule has 1 aromatic carbocycles. The molecule has 0 aliphatic carbocycles. The van der Waals surface area contributed by atoms with Gasteiger partial charge in [-0.3, -0.25) is 9.78 Å². The molecule has 6 heteroatoms. The van der Waals surface area contributed by atoms with Gasteiger partial charge >= 0.3 is 5.97 Å². The van der Waals surface area contributed by atoms with E-state index in [4.69, 9.17) is 16.3 Å². The van der Waals surface area contributed by atoms with Gasteiger partial charge in [0.1, 0.15) is 12.2 Å². The first-order chi connectivity index (χ1) is 12.7. The van der Waals surface area contributed by atoms with Crippen molar-refractivity contribution in [2.75, 3.05) is 6.61 Å². The number of fused-ring (bicyclic) bond motifs is 2. The first-order valence-corrected chi connectivity index (χ1v) is 8.69. The average Bonchev–Trinajstić information content (AvgIpc) is 2.99. The van der Waals surface area contributed by atoms with Gasteiger partial charge in [0.2, 0.25) is 0 Å². The van der Waals surface area contributed by atoms with E-state index in [1.807, 2.05) is 47.2 Å². The van der Waals surface area contributed by atoms with Crippen LogP contribution in [0.25, 0.3) is 33.1 Å². The van der Waals surface area contributed by atoms with Crippen molar-refractivity contribution >= 4 is 39.5 Å². The Labute approximate surface area is 155 Å². The second-order valence-electron chi connectivity index (χ2n) is 5.87. The van der Waals surface area contributed by atoms with Crippen molar-refractivity contribution in [2.24, 2.45) is 0 Å². The second kappa shape index (κ2) is 6.77. The monoisotopic (exact) mass is 365 g/mol. The number of esters is 1. The predicted molar refractivity (Wildman–Crippen MR) is 102 cm³/mol. The van der Waals surface area contributed by atoms with E-state index in [-0.39, 0.29) is 12.5 Å². The Kier molecular flexibility index (Phi) is 4.31. The molecule has 0 aliphatic rings. The van der Waals surface area contributed by atoms with Crippen LogP contribution in [0.2, 0.25) is 5.02 Å². The third-order valence-corrected chi connectivity index (χ3v) is 4.47. The number of halogens is 1. The van der Waals surface area contributed by atoms with Gasteiger partial charge in [-0.05, 0) is 42.8 Å². The molecule has 3 aromatic heterocycles. The fourth-order valence-corrected chi connectivity index (χ4v) is 3.33. The van der Waals surface area contributed by atoms with E-state index in [2.05, 4.69) is 9.97 Å². The highest BCUT2D eigenvalue weighted by Gasteiger charge is 2.15. The number of carbonyl (C=O) groups excluding carboxylic acids is 1. The van der Waals surface area contributed by atoms with Gasteiger partial charge in [-0.1, -0.05) is 17.7 Å². The third kappa shape index (κ3) is 2.91. The third-order valence-electron chi connectivity index (χ3n) is 4.23. The molecule has 0 radical (unpaired) electrons. The minimum Gasteiger partial charge on any atom is -0.465 e. The van der Waals surface area contributed by atoms with Crippen molar-refractivity contribution < 1.29 is 9.53 Å². The predicted octanol–water partition coefficient (Wildman–Crippen LogP) is 4.47. The van der Waals surface area contributed by atoms with Gasteiger partial charge < -0.3 is 9.30 Å². The van der Waals surface area contributed by atoms with Gasteiger partial charge in [-0.2, -0.15) is 0 Å². The summed E-state index contributed by atoms with van der Waals surface area (Å²) in [6, 6.07) is 11.5. The summed E-state index contributed by atoms with van der Waals surface area (Å²) in [5.74, 6) is -0.284. The number of carbonyl (C=O) groups is 1. The summed E-state index contributed by atoms with van der Waals surface area (Å²) in [6.07, 6.45) is 5.43. The van der Waals surface area contributed by atoms with Crippen molar-refractivity contribution in [1.82, 2.24) is 14.5 Å². The molecule has 4 aromatic rings. The molecule has 0 saturated carbocycles. The van der Waals surface area contributed by atoms with Gasteiger partial charge in [-0.15, -0.1) is 0 Å². The highest BCUT2D eigenvalue weighted by molar-refractivity contribution is 6.31. The molecule has 0 amide bonds. The van der Waals surface area contributed by atoms with Crippen LogP contribution >= 0.6 is 11.6 Å². The van der Waals surface area contributed by atoms with E-state index >= 15 is 0 Å². The average molecular weight is 366 g/mol. The molecule has 3 heterocycles. The molecule has 0 saturated heterocycles. The van der Waals surface area contributed by atoms with E-state index in [9.17, 15) is 4.79 Å². The zero-order chi connectivity index (χ0) is 18.1. The number of pyridine rings is 2. The summed E-state index contributed by atoms with van der Waals surface area (Å²) < 4.78 is 6.91. The lowest BCUT2D eigenvalue weighted by Crippen LogP contribution is -2.12. The SMILES string of the molecule is CCOC(=O)Cn1cc(-c2ccnc3cc(Cl)ccc23)c2cccnc21. The van der Waals surface area contributed by atoms with Gasteiger partial charge in [-0.25, -0.2) is 4.98 Å². The second-order valence-corrected chi connectivity index (χ2v) is 6.31. The molecular formula is C20H16ClN3O2. The van der Waals surface area contributed by atoms with Crippen LogP contribution in [0.15, 0.2) is 55.0 Å². The first-order valence-electron chi connectivity index (χ1n) is 8.31. The van der Waals surface area contributed by atoms with Crippen molar-refractivity contribution in [3.8, 4) is 11.1 Å². The van der Waals surface area contributed by atoms with Crippen LogP contribution in [-0.2, 0) is 16.1 Å². The Morgan fingerprint density at radius 1 is 1.12 bits per heavy atom. The number of aromatic nitrogens is 3. The topological polar surface area (TPSA) is 57.0 Å². The van der Waals surface area contributed by atoms with Crippen molar-refractivity contribution in [3.05, 3.63) is 60.0 Å². The van der Waals surface area contributed by atoms with Gasteiger partial charge in [0.15, 0.2) is 0 Å². The number of hydrogen-bond donors (Lipinski definition) is 0. The minimum atomic E-state index is -0.284. The van der Waals surface area contributed by atoms with Crippen LogP contribution < -0.4 is 0 Å². The maximum absolute atomic E-state index is 12.0. The normalized spacial score (nSPS) is 11.2. The highest BCUT2D eigenvalue weighted by Crippen LogP contribution is 2.34. The summed E-state index contributed by atoms with van der Waals surface area (Å²) >= 11 is 6.10. The van der Waals surface area contributed by atoms with Gasteiger partial charge in [0, 0.05) is 39.9 Å². The van der Waals surface area contributed by atoms with Gasteiger partial charge in [0.25, 0.3) is 0 Å². The summed E-state index contributed by atoms with van der Waals surface area (Å²) in [6.45, 7) is 2.27. The number of hydrogen-bond acceptors (Lipinski definition) is 4. The zero-order valence-corrected chi connectivity index (χ0v) is 14.9. The number of ether oxygens (including phenoxy) is 1. The molecule has 4 rings (SSSR count). The van der Waals surface area contributed by atoms with Crippen molar-refractivity contribution in [1.29, 1.82) is 0 Å². The number of benzene rings is 1. The first kappa shape index (κ1) is 16.5. The van der Waals surface area contributed by atoms with E-state index in [1.54, 1.807) is 19.3 Å². The van der Waals surface area contributed by atoms with Crippen molar-refractivity contribution in [3.63, 3.8) is 0 Å². The Hall–Kier alpha value is -2.92. The standard InChI is InChI=1S/C20H16ClN3O2/c1-2-26-19(25)12-24-11-17(16-4-3-8-23-20(16)24)14-7-9-22-18-10-13(21)5-6-15(14)18/h3-11H,2,12H2,1H3. The highest BCUT2D eigenvalue weighted by atomic mass is 35.5. The van der Waals surface area contributed by atoms with Crippen LogP contribution in [-0.4, -0.2) is 27.1 Å². The largest absolute Gasteiger partial charge is 0.465 e. The molecule has 0 N–H and O–H groups in total. The lowest BCUT2D eigenvalue weighted by atomic mass is 10.0. The lowest BCUT2D eigenvalue weighted by molar-refractivity contribution is -0.143. The molecule has 0 spiro atoms. The Balaban J connectivity index is 1.91. The van der Waals surface area contributed by atoms with Crippen LogP contribution in [0.1, 0.15) is 6.92 Å². The van der Waals surface area contributed by atoms with E-state index in [1.165, 1.54) is 0 Å². The molecular weight excluding hydrogens is 350 g/mol. The number of rotatable bonds is 4. The maximum Gasteiger partial charge on any atom is 0.325 e. The summed E-state index contributed by atoms with van der Waals surface area (Å²) in [7, 11) is 0. The molecule has 0 bridgehead atoms. The molecule has 0 atom stereocenters. The molecule has 0 unspecified atom stereocenters. The Morgan fingerprint density at radius 2 is 2.00 bits per heavy atom. The molecule has 0 fully saturated rings. The summed E-state index contributed by atoms with van der Waals surface area (Å²) in [5, 5.41) is 2.61. The Morgan fingerprint density at radius 3 is 2.85 bits per heavy atom. The zero-order valence-electron chi connectivity index (χ0n) is 14.1. The Bertz CT molecular complexity index is 1120. The van der Waals surface area contributed by atoms with E-state index in [0.29, 0.717) is 11.6 Å². The maximum atomic E-state index is 12.0. The van der Waals surface area contributed by atoms with Crippen LogP contribution in [0, 0.1) is 0 Å². The molecule has 26 heavy (non-hydrogen) atoms. The quantitative estimate of drug-likeness (QED) is 0.501. The molecule has 130 valence electrons. The fourth-order valence-electron chi connectivity index (χ4n) is 3.16. The van der Waals surface area contributed by atoms with E-state index in [0.717, 1.165) is 33.1 Å². The van der Waals surface area contributed by atoms with E-state index < -0.39 is 0 Å². The van der Waals surface area contributed by atoms with Gasteiger partial charge in [0.05, 0.1) is 12.1 Å². The van der Waals surface area contributed by atoms with Crippen LogP contribution in [0.4, 0.5) is 0 Å². The van der Waals surface area contributed by atoms with Crippen molar-refractivity contribution in [2.45, 2.75) is 13.5 Å². The minimum absolute atomic E-state index is 0.121. The smallest absolute Gasteiger partial charge is 0.325 e. The van der Waals surface area contributed by atoms with Crippen LogP contribution in [0.5, 0.6) is 0 Å². The van der Waals surface area contributed by atoms with Crippen LogP contribution in [0.3, 0.4) is 0 Å². The molecule has 0 aliphatic heterocycles. The molecule has 5 nitrogen and oxygen atoms in total. The lowest BCUT2D eigenvalue weighted by Gasteiger charge is -2.05. The summed E-state index contributed by atoms with van der Waals surface area (Å²) in [5.41, 5.74) is 3.58. The number of nitrogens with zero attached hydrogens (tertiary/aromatic N) is 3. The summed E-state index contributed by atoms with van der Waals surface area (Å²) in [4.78, 5) is 20.8.